The fourth-order valence-corrected chi connectivity index (χ4v) is 1.70. The number of carbonyl (C=O) groups is 1. The van der Waals surface area contributed by atoms with E-state index in [1.165, 1.54) is 19.2 Å². The van der Waals surface area contributed by atoms with Crippen molar-refractivity contribution in [2.75, 3.05) is 7.11 Å². The molecule has 1 rings (SSSR count). The predicted octanol–water partition coefficient (Wildman–Crippen LogP) is 2.63. The Labute approximate surface area is 92.8 Å². The highest BCUT2D eigenvalue weighted by Crippen LogP contribution is 2.38. The molecule has 0 atom stereocenters. The maximum absolute atomic E-state index is 13.2. The Morgan fingerprint density at radius 1 is 1.53 bits per heavy atom. The molecular weight excluding hydrogens is 274 g/mol. The van der Waals surface area contributed by atoms with Gasteiger partial charge in [-0.15, -0.1) is 0 Å². The largest absolute Gasteiger partial charge is 0.496 e. The second-order valence-electron chi connectivity index (χ2n) is 2.70. The zero-order chi connectivity index (χ0) is 11.6. The van der Waals surface area contributed by atoms with Crippen molar-refractivity contribution in [3.05, 3.63) is 28.2 Å². The van der Waals surface area contributed by atoms with Gasteiger partial charge in [-0.2, -0.15) is 8.78 Å². The summed E-state index contributed by atoms with van der Waals surface area (Å²) in [6.45, 7) is 0. The molecule has 1 N–H and O–H groups in total. The standard InChI is InChI=1S/C9H7BrF2O3/c1-15-6-4-2-3-5(7(6)10)9(11,12)8(13)14/h2-4H,1H3,(H,13,14). The summed E-state index contributed by atoms with van der Waals surface area (Å²) in [7, 11) is 1.31. The van der Waals surface area contributed by atoms with Crippen LogP contribution in [0, 0.1) is 0 Å². The van der Waals surface area contributed by atoms with E-state index in [4.69, 9.17) is 9.84 Å². The van der Waals surface area contributed by atoms with E-state index in [0.717, 1.165) is 6.07 Å². The Morgan fingerprint density at radius 2 is 2.13 bits per heavy atom. The lowest BCUT2D eigenvalue weighted by molar-refractivity contribution is -0.166. The lowest BCUT2D eigenvalue weighted by Gasteiger charge is -2.14. The number of carboxylic acid groups (broad SMARTS) is 1. The average Bonchev–Trinajstić information content (AvgIpc) is 2.17. The van der Waals surface area contributed by atoms with Crippen molar-refractivity contribution >= 4 is 21.9 Å². The van der Waals surface area contributed by atoms with Crippen LogP contribution in [-0.4, -0.2) is 18.2 Å². The number of hydrogen-bond acceptors (Lipinski definition) is 2. The number of carboxylic acids is 1. The summed E-state index contributed by atoms with van der Waals surface area (Å²) in [6, 6.07) is 3.78. The maximum Gasteiger partial charge on any atom is 0.379 e. The molecular formula is C9H7BrF2O3. The summed E-state index contributed by atoms with van der Waals surface area (Å²) < 4.78 is 31.1. The number of rotatable bonds is 3. The normalized spacial score (nSPS) is 11.2. The van der Waals surface area contributed by atoms with Crippen molar-refractivity contribution in [3.8, 4) is 5.75 Å². The van der Waals surface area contributed by atoms with Gasteiger partial charge in [0, 0.05) is 0 Å². The molecule has 0 saturated carbocycles. The second-order valence-corrected chi connectivity index (χ2v) is 3.49. The van der Waals surface area contributed by atoms with Gasteiger partial charge in [-0.25, -0.2) is 4.79 Å². The van der Waals surface area contributed by atoms with Crippen LogP contribution in [0.15, 0.2) is 22.7 Å². The number of halogens is 3. The summed E-state index contributed by atoms with van der Waals surface area (Å²) >= 11 is 2.88. The number of alkyl halides is 2. The van der Waals surface area contributed by atoms with Gasteiger partial charge in [-0.1, -0.05) is 12.1 Å². The van der Waals surface area contributed by atoms with Crippen LogP contribution in [0.5, 0.6) is 5.75 Å². The summed E-state index contributed by atoms with van der Waals surface area (Å²) in [5.74, 6) is -5.97. The van der Waals surface area contributed by atoms with Crippen LogP contribution in [0.2, 0.25) is 0 Å². The first kappa shape index (κ1) is 11.9. The second kappa shape index (κ2) is 4.14. The van der Waals surface area contributed by atoms with Gasteiger partial charge in [-0.3, -0.25) is 0 Å². The van der Waals surface area contributed by atoms with Crippen LogP contribution in [0.4, 0.5) is 8.78 Å². The molecule has 0 unspecified atom stereocenters. The first-order valence-corrected chi connectivity index (χ1v) is 4.64. The SMILES string of the molecule is COc1cccc(C(F)(F)C(=O)O)c1Br. The minimum atomic E-state index is -3.94. The maximum atomic E-state index is 13.2. The molecule has 0 aliphatic heterocycles. The molecule has 82 valence electrons. The molecule has 0 saturated heterocycles. The van der Waals surface area contributed by atoms with Gasteiger partial charge in [0.2, 0.25) is 0 Å². The molecule has 6 heteroatoms. The highest BCUT2D eigenvalue weighted by molar-refractivity contribution is 9.10. The van der Waals surface area contributed by atoms with E-state index in [1.54, 1.807) is 0 Å². The molecule has 0 aliphatic rings. The molecule has 3 nitrogen and oxygen atoms in total. The van der Waals surface area contributed by atoms with Crippen LogP contribution >= 0.6 is 15.9 Å². The third-order valence-corrected chi connectivity index (χ3v) is 2.61. The van der Waals surface area contributed by atoms with Crippen LogP contribution < -0.4 is 4.74 Å². The fraction of sp³-hybridized carbons (Fsp3) is 0.222. The quantitative estimate of drug-likeness (QED) is 0.926. The number of ether oxygens (including phenoxy) is 1. The van der Waals surface area contributed by atoms with Crippen LogP contribution in [-0.2, 0) is 10.7 Å². The average molecular weight is 281 g/mol. The van der Waals surface area contributed by atoms with E-state index >= 15 is 0 Å². The number of methoxy groups -OCH3 is 1. The molecule has 1 aromatic rings. The van der Waals surface area contributed by atoms with Crippen molar-refractivity contribution in [3.63, 3.8) is 0 Å². The third kappa shape index (κ3) is 2.09. The molecule has 0 aliphatic carbocycles. The Kier molecular flexibility index (Phi) is 3.28. The number of aliphatic carboxylic acids is 1. The number of benzene rings is 1. The van der Waals surface area contributed by atoms with E-state index in [2.05, 4.69) is 15.9 Å². The molecule has 0 bridgehead atoms. The van der Waals surface area contributed by atoms with E-state index in [1.807, 2.05) is 0 Å². The molecule has 0 radical (unpaired) electrons. The van der Waals surface area contributed by atoms with E-state index in [-0.39, 0.29) is 10.2 Å². The van der Waals surface area contributed by atoms with E-state index in [9.17, 15) is 13.6 Å². The lowest BCUT2D eigenvalue weighted by Crippen LogP contribution is -2.25. The minimum Gasteiger partial charge on any atom is -0.496 e. The summed E-state index contributed by atoms with van der Waals surface area (Å²) in [5.41, 5.74) is -0.630. The summed E-state index contributed by atoms with van der Waals surface area (Å²) in [5, 5.41) is 8.37. The predicted molar refractivity (Wildman–Crippen MR) is 52.2 cm³/mol. The van der Waals surface area contributed by atoms with Gasteiger partial charge in [0.1, 0.15) is 5.75 Å². The Morgan fingerprint density at radius 3 is 2.60 bits per heavy atom. The zero-order valence-electron chi connectivity index (χ0n) is 7.63. The highest BCUT2D eigenvalue weighted by Gasteiger charge is 2.43. The first-order chi connectivity index (χ1) is 6.91. The molecule has 0 heterocycles. The van der Waals surface area contributed by atoms with Gasteiger partial charge in [0.25, 0.3) is 0 Å². The van der Waals surface area contributed by atoms with Gasteiger partial charge in [0.05, 0.1) is 17.1 Å². The molecule has 1 aromatic carbocycles. The van der Waals surface area contributed by atoms with Gasteiger partial charge in [-0.05, 0) is 22.0 Å². The summed E-state index contributed by atoms with van der Waals surface area (Å²) in [6.07, 6.45) is 0. The van der Waals surface area contributed by atoms with E-state index in [0.29, 0.717) is 0 Å². The molecule has 0 spiro atoms. The Hall–Kier alpha value is -1.17. The molecule has 0 fully saturated rings. The van der Waals surface area contributed by atoms with Crippen LogP contribution in [0.25, 0.3) is 0 Å². The zero-order valence-corrected chi connectivity index (χ0v) is 9.22. The Bertz CT molecular complexity index is 393. The molecule has 15 heavy (non-hydrogen) atoms. The number of hydrogen-bond donors (Lipinski definition) is 1. The van der Waals surface area contributed by atoms with Crippen LogP contribution in [0.3, 0.4) is 0 Å². The van der Waals surface area contributed by atoms with Crippen molar-refractivity contribution in [1.82, 2.24) is 0 Å². The third-order valence-electron chi connectivity index (χ3n) is 1.79. The van der Waals surface area contributed by atoms with Crippen molar-refractivity contribution in [2.45, 2.75) is 5.92 Å². The van der Waals surface area contributed by atoms with Gasteiger partial charge in [0.15, 0.2) is 0 Å². The molecule has 0 amide bonds. The lowest BCUT2D eigenvalue weighted by atomic mass is 10.1. The fourth-order valence-electron chi connectivity index (χ4n) is 1.03. The van der Waals surface area contributed by atoms with Crippen molar-refractivity contribution in [2.24, 2.45) is 0 Å². The minimum absolute atomic E-state index is 0.0556. The monoisotopic (exact) mass is 280 g/mol. The van der Waals surface area contributed by atoms with Crippen molar-refractivity contribution < 1.29 is 23.4 Å². The molecule has 0 aromatic heterocycles. The van der Waals surface area contributed by atoms with Gasteiger partial charge >= 0.3 is 11.9 Å². The Balaban J connectivity index is 3.32. The van der Waals surface area contributed by atoms with Crippen molar-refractivity contribution in [1.29, 1.82) is 0 Å². The van der Waals surface area contributed by atoms with E-state index < -0.39 is 17.5 Å². The van der Waals surface area contributed by atoms with Crippen LogP contribution in [0.1, 0.15) is 5.56 Å². The topological polar surface area (TPSA) is 46.5 Å². The first-order valence-electron chi connectivity index (χ1n) is 3.85. The highest BCUT2D eigenvalue weighted by atomic mass is 79.9. The summed E-state index contributed by atoms with van der Waals surface area (Å²) in [4.78, 5) is 10.4. The smallest absolute Gasteiger partial charge is 0.379 e. The van der Waals surface area contributed by atoms with Gasteiger partial charge < -0.3 is 9.84 Å².